The first-order valence-corrected chi connectivity index (χ1v) is 7.99. The van der Waals surface area contributed by atoms with E-state index in [0.717, 1.165) is 29.0 Å². The van der Waals surface area contributed by atoms with Crippen LogP contribution in [-0.2, 0) is 0 Å². The maximum absolute atomic E-state index is 6.29. The number of nitrogens with one attached hydrogen (secondary N) is 1. The van der Waals surface area contributed by atoms with Crippen LogP contribution in [0.2, 0.25) is 5.02 Å². The molecule has 0 amide bonds. The zero-order valence-corrected chi connectivity index (χ0v) is 13.1. The molecule has 1 fully saturated rings. The van der Waals surface area contributed by atoms with Crippen molar-refractivity contribution in [3.05, 3.63) is 34.3 Å². The Morgan fingerprint density at radius 2 is 1.95 bits per heavy atom. The third kappa shape index (κ3) is 3.73. The number of benzene rings is 1. The molecule has 0 radical (unpaired) electrons. The van der Waals surface area contributed by atoms with Gasteiger partial charge in [-0.1, -0.05) is 50.4 Å². The van der Waals surface area contributed by atoms with Crippen LogP contribution in [0.4, 0.5) is 0 Å². The lowest BCUT2D eigenvalue weighted by molar-refractivity contribution is 0.233. The Labute approximate surface area is 122 Å². The van der Waals surface area contributed by atoms with Gasteiger partial charge in [-0.3, -0.25) is 0 Å². The molecule has 19 heavy (non-hydrogen) atoms. The first kappa shape index (κ1) is 14.9. The van der Waals surface area contributed by atoms with Gasteiger partial charge in [0.2, 0.25) is 0 Å². The molecule has 2 heteroatoms. The Bertz CT molecular complexity index is 408. The molecule has 1 aliphatic carbocycles. The van der Waals surface area contributed by atoms with Crippen LogP contribution in [0.15, 0.2) is 18.2 Å². The van der Waals surface area contributed by atoms with Gasteiger partial charge in [-0.15, -0.1) is 0 Å². The first-order valence-electron chi connectivity index (χ1n) is 7.61. The molecule has 1 nitrogen and oxygen atoms in total. The molecule has 2 rings (SSSR count). The summed E-state index contributed by atoms with van der Waals surface area (Å²) in [7, 11) is 0. The molecule has 1 aromatic carbocycles. The SMILES string of the molecule is CCNC(c1ccc(C)c(Cl)c1)C1CCC(C)CC1. The van der Waals surface area contributed by atoms with Crippen molar-refractivity contribution in [1.82, 2.24) is 5.32 Å². The molecular weight excluding hydrogens is 254 g/mol. The van der Waals surface area contributed by atoms with Crippen molar-refractivity contribution in [2.45, 2.75) is 52.5 Å². The van der Waals surface area contributed by atoms with Gasteiger partial charge in [0, 0.05) is 11.1 Å². The smallest absolute Gasteiger partial charge is 0.0438 e. The molecule has 1 atom stereocenters. The van der Waals surface area contributed by atoms with Crippen LogP contribution in [0, 0.1) is 18.8 Å². The third-order valence-electron chi connectivity index (χ3n) is 4.51. The zero-order chi connectivity index (χ0) is 13.8. The Balaban J connectivity index is 2.16. The van der Waals surface area contributed by atoms with Crippen LogP contribution in [0.25, 0.3) is 0 Å². The maximum Gasteiger partial charge on any atom is 0.0438 e. The topological polar surface area (TPSA) is 12.0 Å². The lowest BCUT2D eigenvalue weighted by Crippen LogP contribution is -2.30. The lowest BCUT2D eigenvalue weighted by atomic mass is 9.77. The van der Waals surface area contributed by atoms with Gasteiger partial charge >= 0.3 is 0 Å². The molecule has 0 aliphatic heterocycles. The summed E-state index contributed by atoms with van der Waals surface area (Å²) in [6, 6.07) is 7.01. The second kappa shape index (κ2) is 6.76. The van der Waals surface area contributed by atoms with Crippen molar-refractivity contribution >= 4 is 11.6 Å². The van der Waals surface area contributed by atoms with E-state index in [0.29, 0.717) is 6.04 Å². The highest BCUT2D eigenvalue weighted by molar-refractivity contribution is 6.31. The van der Waals surface area contributed by atoms with Crippen molar-refractivity contribution < 1.29 is 0 Å². The molecule has 1 saturated carbocycles. The largest absolute Gasteiger partial charge is 0.310 e. The van der Waals surface area contributed by atoms with Crippen molar-refractivity contribution in [1.29, 1.82) is 0 Å². The lowest BCUT2D eigenvalue weighted by Gasteiger charge is -2.33. The van der Waals surface area contributed by atoms with Gasteiger partial charge < -0.3 is 5.32 Å². The van der Waals surface area contributed by atoms with E-state index in [4.69, 9.17) is 11.6 Å². The van der Waals surface area contributed by atoms with Crippen LogP contribution in [0.5, 0.6) is 0 Å². The standard InChI is InChI=1S/C17H26ClN/c1-4-19-17(14-8-5-12(2)6-9-14)15-10-7-13(3)16(18)11-15/h7,10-12,14,17,19H,4-6,8-9H2,1-3H3. The number of aryl methyl sites for hydroxylation is 1. The molecule has 0 aromatic heterocycles. The van der Waals surface area contributed by atoms with Gasteiger partial charge in [0.15, 0.2) is 0 Å². The van der Waals surface area contributed by atoms with Gasteiger partial charge in [0.25, 0.3) is 0 Å². The average Bonchev–Trinajstić information content (AvgIpc) is 2.41. The van der Waals surface area contributed by atoms with E-state index in [-0.39, 0.29) is 0 Å². The molecule has 1 N–H and O–H groups in total. The predicted octanol–water partition coefficient (Wildman–Crippen LogP) is 5.13. The van der Waals surface area contributed by atoms with Crippen molar-refractivity contribution in [2.24, 2.45) is 11.8 Å². The quantitative estimate of drug-likeness (QED) is 0.806. The van der Waals surface area contributed by atoms with E-state index in [1.807, 2.05) is 0 Å². The Hall–Kier alpha value is -0.530. The second-order valence-electron chi connectivity index (χ2n) is 6.06. The van der Waals surface area contributed by atoms with Gasteiger partial charge in [-0.05, 0) is 55.3 Å². The van der Waals surface area contributed by atoms with E-state index in [1.165, 1.54) is 31.2 Å². The van der Waals surface area contributed by atoms with Crippen molar-refractivity contribution in [3.8, 4) is 0 Å². The molecule has 0 bridgehead atoms. The summed E-state index contributed by atoms with van der Waals surface area (Å²) in [6.07, 6.45) is 5.41. The maximum atomic E-state index is 6.29. The van der Waals surface area contributed by atoms with Crippen LogP contribution in [0.1, 0.15) is 56.7 Å². The van der Waals surface area contributed by atoms with E-state index >= 15 is 0 Å². The van der Waals surface area contributed by atoms with Gasteiger partial charge in [0.05, 0.1) is 0 Å². The van der Waals surface area contributed by atoms with Crippen LogP contribution in [0.3, 0.4) is 0 Å². The summed E-state index contributed by atoms with van der Waals surface area (Å²) in [5, 5.41) is 4.56. The van der Waals surface area contributed by atoms with Gasteiger partial charge in [-0.2, -0.15) is 0 Å². The number of hydrogen-bond acceptors (Lipinski definition) is 1. The number of hydrogen-bond donors (Lipinski definition) is 1. The molecule has 0 saturated heterocycles. The second-order valence-corrected chi connectivity index (χ2v) is 6.47. The zero-order valence-electron chi connectivity index (χ0n) is 12.4. The Kier molecular flexibility index (Phi) is 5.29. The van der Waals surface area contributed by atoms with E-state index in [9.17, 15) is 0 Å². The number of rotatable bonds is 4. The molecular formula is C17H26ClN. The molecule has 1 aromatic rings. The predicted molar refractivity (Wildman–Crippen MR) is 83.7 cm³/mol. The summed E-state index contributed by atoms with van der Waals surface area (Å²) in [5.74, 6) is 1.66. The molecule has 1 aliphatic rings. The normalized spacial score (nSPS) is 25.3. The monoisotopic (exact) mass is 279 g/mol. The fraction of sp³-hybridized carbons (Fsp3) is 0.647. The highest BCUT2D eigenvalue weighted by Crippen LogP contribution is 2.37. The summed E-state index contributed by atoms with van der Waals surface area (Å²) in [4.78, 5) is 0. The summed E-state index contributed by atoms with van der Waals surface area (Å²) in [5.41, 5.74) is 2.52. The van der Waals surface area contributed by atoms with Crippen LogP contribution >= 0.6 is 11.6 Å². The fourth-order valence-electron chi connectivity index (χ4n) is 3.20. The Morgan fingerprint density at radius 3 is 2.53 bits per heavy atom. The van der Waals surface area contributed by atoms with Crippen molar-refractivity contribution in [3.63, 3.8) is 0 Å². The van der Waals surface area contributed by atoms with E-state index in [2.05, 4.69) is 44.3 Å². The average molecular weight is 280 g/mol. The highest BCUT2D eigenvalue weighted by Gasteiger charge is 2.26. The molecule has 0 spiro atoms. The molecule has 1 unspecified atom stereocenters. The van der Waals surface area contributed by atoms with E-state index < -0.39 is 0 Å². The van der Waals surface area contributed by atoms with Crippen molar-refractivity contribution in [2.75, 3.05) is 6.54 Å². The number of halogens is 1. The summed E-state index contributed by atoms with van der Waals surface area (Å²) >= 11 is 6.29. The fourth-order valence-corrected chi connectivity index (χ4v) is 3.39. The molecule has 106 valence electrons. The minimum Gasteiger partial charge on any atom is -0.310 e. The first-order chi connectivity index (χ1) is 9.11. The highest BCUT2D eigenvalue weighted by atomic mass is 35.5. The Morgan fingerprint density at radius 1 is 1.26 bits per heavy atom. The van der Waals surface area contributed by atoms with E-state index in [1.54, 1.807) is 0 Å². The van der Waals surface area contributed by atoms with Crippen LogP contribution < -0.4 is 5.32 Å². The minimum atomic E-state index is 0.468. The molecule has 0 heterocycles. The minimum absolute atomic E-state index is 0.468. The van der Waals surface area contributed by atoms with Crippen LogP contribution in [-0.4, -0.2) is 6.54 Å². The summed E-state index contributed by atoms with van der Waals surface area (Å²) < 4.78 is 0. The van der Waals surface area contributed by atoms with Gasteiger partial charge in [-0.25, -0.2) is 0 Å². The van der Waals surface area contributed by atoms with Gasteiger partial charge in [0.1, 0.15) is 0 Å². The summed E-state index contributed by atoms with van der Waals surface area (Å²) in [6.45, 7) is 7.65. The third-order valence-corrected chi connectivity index (χ3v) is 4.92.